The number of hydrogen-bond acceptors (Lipinski definition) is 8. The molecule has 0 aliphatic rings. The van der Waals surface area contributed by atoms with E-state index < -0.39 is 12.0 Å². The summed E-state index contributed by atoms with van der Waals surface area (Å²) in [7, 11) is 1.32. The maximum atomic E-state index is 12.2. The van der Waals surface area contributed by atoms with Crippen LogP contribution in [0.3, 0.4) is 0 Å². The van der Waals surface area contributed by atoms with Crippen LogP contribution in [-0.2, 0) is 14.3 Å². The summed E-state index contributed by atoms with van der Waals surface area (Å²) in [5.74, 6) is -0.512. The molecule has 1 aromatic heterocycles. The van der Waals surface area contributed by atoms with E-state index in [1.165, 1.54) is 35.8 Å². The fraction of sp³-hybridized carbons (Fsp3) is 0.474. The van der Waals surface area contributed by atoms with Crippen molar-refractivity contribution in [3.63, 3.8) is 0 Å². The molecule has 0 saturated heterocycles. The average Bonchev–Trinajstić information content (AvgIpc) is 3.14. The highest BCUT2D eigenvalue weighted by Gasteiger charge is 2.26. The van der Waals surface area contributed by atoms with E-state index in [0.29, 0.717) is 9.47 Å². The van der Waals surface area contributed by atoms with E-state index in [9.17, 15) is 9.59 Å². The molecule has 0 aliphatic carbocycles. The summed E-state index contributed by atoms with van der Waals surface area (Å²) in [5, 5.41) is 14.9. The summed E-state index contributed by atoms with van der Waals surface area (Å²) in [6.45, 7) is 7.98. The first-order valence-corrected chi connectivity index (χ1v) is 10.8. The Hall–Kier alpha value is -2.13. The molecule has 9 heteroatoms. The SMILES string of the molecule is CC[C@@H](C)[C@H](NC(=O)CSc1nnc(Nc2cccc(C)c2C)s1)C(=O)OC. The number of aromatic nitrogens is 2. The first-order chi connectivity index (χ1) is 13.3. The van der Waals surface area contributed by atoms with Crippen LogP contribution >= 0.6 is 23.1 Å². The minimum atomic E-state index is -0.640. The second-order valence-electron chi connectivity index (χ2n) is 6.49. The van der Waals surface area contributed by atoms with Crippen molar-refractivity contribution in [1.82, 2.24) is 15.5 Å². The first-order valence-electron chi connectivity index (χ1n) is 9.02. The van der Waals surface area contributed by atoms with Gasteiger partial charge in [0.15, 0.2) is 4.34 Å². The van der Waals surface area contributed by atoms with Crippen molar-refractivity contribution in [2.75, 3.05) is 18.2 Å². The van der Waals surface area contributed by atoms with Crippen LogP contribution in [0.25, 0.3) is 0 Å². The van der Waals surface area contributed by atoms with Gasteiger partial charge < -0.3 is 15.4 Å². The van der Waals surface area contributed by atoms with Gasteiger partial charge in [-0.05, 0) is 37.0 Å². The number of nitrogens with zero attached hydrogens (tertiary/aromatic N) is 2. The highest BCUT2D eigenvalue weighted by atomic mass is 32.2. The minimum Gasteiger partial charge on any atom is -0.467 e. The fourth-order valence-corrected chi connectivity index (χ4v) is 4.03. The van der Waals surface area contributed by atoms with Crippen LogP contribution < -0.4 is 10.6 Å². The van der Waals surface area contributed by atoms with Crippen molar-refractivity contribution in [2.45, 2.75) is 44.5 Å². The summed E-state index contributed by atoms with van der Waals surface area (Å²) in [5.41, 5.74) is 3.34. The standard InChI is InChI=1S/C19H26N4O3S2/c1-6-11(2)16(17(25)26-5)21-15(24)10-27-19-23-22-18(28-19)20-14-9-7-8-12(3)13(14)4/h7-9,11,16H,6,10H2,1-5H3,(H,20,22)(H,21,24)/t11-,16+/m1/s1. The summed E-state index contributed by atoms with van der Waals surface area (Å²) in [6, 6.07) is 5.40. The van der Waals surface area contributed by atoms with Crippen molar-refractivity contribution < 1.29 is 14.3 Å². The van der Waals surface area contributed by atoms with E-state index >= 15 is 0 Å². The molecule has 0 fully saturated rings. The Kier molecular flexibility index (Phi) is 8.25. The lowest BCUT2D eigenvalue weighted by Gasteiger charge is -2.21. The number of hydrogen-bond donors (Lipinski definition) is 2. The Balaban J connectivity index is 1.92. The van der Waals surface area contributed by atoms with Gasteiger partial charge in [0.25, 0.3) is 0 Å². The monoisotopic (exact) mass is 422 g/mol. The minimum absolute atomic E-state index is 0.00343. The molecule has 1 heterocycles. The van der Waals surface area contributed by atoms with Crippen molar-refractivity contribution in [3.8, 4) is 0 Å². The largest absolute Gasteiger partial charge is 0.467 e. The number of benzene rings is 1. The zero-order chi connectivity index (χ0) is 20.7. The lowest BCUT2D eigenvalue weighted by Crippen LogP contribution is -2.46. The number of ether oxygens (including phenoxy) is 1. The summed E-state index contributed by atoms with van der Waals surface area (Å²) in [4.78, 5) is 24.1. The van der Waals surface area contributed by atoms with Gasteiger partial charge >= 0.3 is 5.97 Å². The third kappa shape index (κ3) is 5.93. The molecular formula is C19H26N4O3S2. The Labute approximate surface area is 173 Å². The molecule has 1 amide bonds. The predicted molar refractivity (Wildman–Crippen MR) is 113 cm³/mol. The Morgan fingerprint density at radius 2 is 2.04 bits per heavy atom. The number of esters is 1. The number of amides is 1. The number of thioether (sulfide) groups is 1. The number of nitrogens with one attached hydrogen (secondary N) is 2. The molecule has 7 nitrogen and oxygen atoms in total. The van der Waals surface area contributed by atoms with Gasteiger partial charge in [-0.3, -0.25) is 4.79 Å². The van der Waals surface area contributed by atoms with Crippen molar-refractivity contribution in [2.24, 2.45) is 5.92 Å². The second kappa shape index (κ2) is 10.4. The highest BCUT2D eigenvalue weighted by Crippen LogP contribution is 2.29. The Morgan fingerprint density at radius 1 is 1.29 bits per heavy atom. The number of carbonyl (C=O) groups excluding carboxylic acids is 2. The summed E-state index contributed by atoms with van der Waals surface area (Å²) in [6.07, 6.45) is 0.761. The average molecular weight is 423 g/mol. The number of methoxy groups -OCH3 is 1. The molecule has 28 heavy (non-hydrogen) atoms. The quantitative estimate of drug-likeness (QED) is 0.470. The topological polar surface area (TPSA) is 93.2 Å². The molecule has 2 aromatic rings. The molecule has 0 aliphatic heterocycles. The molecule has 1 aromatic carbocycles. The molecule has 0 radical (unpaired) electrons. The molecule has 152 valence electrons. The maximum absolute atomic E-state index is 12.2. The predicted octanol–water partition coefficient (Wildman–Crippen LogP) is 3.69. The van der Waals surface area contributed by atoms with Gasteiger partial charge in [0.1, 0.15) is 6.04 Å². The van der Waals surface area contributed by atoms with Crippen LogP contribution in [0, 0.1) is 19.8 Å². The Bertz CT molecular complexity index is 825. The van der Waals surface area contributed by atoms with Crippen molar-refractivity contribution >= 4 is 45.8 Å². The van der Waals surface area contributed by atoms with Crippen LogP contribution in [0.2, 0.25) is 0 Å². The first kappa shape index (κ1) is 22.2. The summed E-state index contributed by atoms with van der Waals surface area (Å²) < 4.78 is 5.47. The van der Waals surface area contributed by atoms with E-state index in [1.807, 2.05) is 32.9 Å². The molecule has 2 rings (SSSR count). The Morgan fingerprint density at radius 3 is 2.71 bits per heavy atom. The van der Waals surface area contributed by atoms with Crippen LogP contribution in [0.1, 0.15) is 31.4 Å². The molecule has 2 N–H and O–H groups in total. The summed E-state index contributed by atoms with van der Waals surface area (Å²) >= 11 is 2.67. The van der Waals surface area contributed by atoms with Gasteiger partial charge in [0, 0.05) is 5.69 Å². The number of carbonyl (C=O) groups is 2. The smallest absolute Gasteiger partial charge is 0.328 e. The third-order valence-corrected chi connectivity index (χ3v) is 6.54. The normalized spacial score (nSPS) is 12.9. The highest BCUT2D eigenvalue weighted by molar-refractivity contribution is 8.01. The molecule has 0 spiro atoms. The zero-order valence-electron chi connectivity index (χ0n) is 16.7. The second-order valence-corrected chi connectivity index (χ2v) is 8.69. The van der Waals surface area contributed by atoms with E-state index in [4.69, 9.17) is 4.74 Å². The van der Waals surface area contributed by atoms with Crippen LogP contribution in [0.4, 0.5) is 10.8 Å². The molecule has 0 unspecified atom stereocenters. The van der Waals surface area contributed by atoms with Gasteiger partial charge in [-0.25, -0.2) is 4.79 Å². The van der Waals surface area contributed by atoms with E-state index in [-0.39, 0.29) is 17.6 Å². The van der Waals surface area contributed by atoms with Gasteiger partial charge in [-0.15, -0.1) is 10.2 Å². The van der Waals surface area contributed by atoms with Crippen LogP contribution in [0.5, 0.6) is 0 Å². The lowest BCUT2D eigenvalue weighted by molar-refractivity contribution is -0.146. The number of rotatable bonds is 9. The van der Waals surface area contributed by atoms with Crippen molar-refractivity contribution in [3.05, 3.63) is 29.3 Å². The number of aryl methyl sites for hydroxylation is 1. The van der Waals surface area contributed by atoms with Gasteiger partial charge in [-0.2, -0.15) is 0 Å². The van der Waals surface area contributed by atoms with Crippen LogP contribution in [0.15, 0.2) is 22.5 Å². The maximum Gasteiger partial charge on any atom is 0.328 e. The lowest BCUT2D eigenvalue weighted by atomic mass is 9.99. The van der Waals surface area contributed by atoms with Gasteiger partial charge in [-0.1, -0.05) is 55.5 Å². The molecule has 0 saturated carbocycles. The molecular weight excluding hydrogens is 396 g/mol. The van der Waals surface area contributed by atoms with E-state index in [0.717, 1.165) is 17.7 Å². The van der Waals surface area contributed by atoms with Crippen molar-refractivity contribution in [1.29, 1.82) is 0 Å². The zero-order valence-corrected chi connectivity index (χ0v) is 18.4. The molecule has 2 atom stereocenters. The fourth-order valence-electron chi connectivity index (χ4n) is 2.46. The van der Waals surface area contributed by atoms with E-state index in [1.54, 1.807) is 0 Å². The van der Waals surface area contributed by atoms with Gasteiger partial charge in [0.2, 0.25) is 11.0 Å². The van der Waals surface area contributed by atoms with Crippen LogP contribution in [-0.4, -0.2) is 41.0 Å². The number of anilines is 2. The van der Waals surface area contributed by atoms with E-state index in [2.05, 4.69) is 33.8 Å². The molecule has 0 bridgehead atoms. The van der Waals surface area contributed by atoms with Gasteiger partial charge in [0.05, 0.1) is 12.9 Å². The third-order valence-electron chi connectivity index (χ3n) is 4.56.